The molecule has 1 aromatic rings. The van der Waals surface area contributed by atoms with Crippen LogP contribution in [-0.2, 0) is 16.1 Å². The zero-order valence-electron chi connectivity index (χ0n) is 16.2. The summed E-state index contributed by atoms with van der Waals surface area (Å²) in [6.45, 7) is 1.87. The molecule has 1 saturated heterocycles. The smallest absolute Gasteiger partial charge is 0.227 e. The van der Waals surface area contributed by atoms with E-state index < -0.39 is 0 Å². The van der Waals surface area contributed by atoms with Crippen LogP contribution in [0.3, 0.4) is 0 Å². The quantitative estimate of drug-likeness (QED) is 0.799. The Balaban J connectivity index is 1.21. The topological polar surface area (TPSA) is 53.8 Å². The second-order valence-corrected chi connectivity index (χ2v) is 9.87. The molecular formula is C22H30N2O3. The highest BCUT2D eigenvalue weighted by Crippen LogP contribution is 2.60. The van der Waals surface area contributed by atoms with Crippen molar-refractivity contribution in [3.05, 3.63) is 24.2 Å². The molecule has 0 unspecified atom stereocenters. The minimum atomic E-state index is -0.202. The highest BCUT2D eigenvalue weighted by atomic mass is 16.3. The van der Waals surface area contributed by atoms with Gasteiger partial charge < -0.3 is 14.2 Å². The number of carbonyl (C=O) groups excluding carboxylic acids is 2. The van der Waals surface area contributed by atoms with E-state index in [4.69, 9.17) is 4.42 Å². The van der Waals surface area contributed by atoms with Crippen LogP contribution in [0.5, 0.6) is 0 Å². The van der Waals surface area contributed by atoms with E-state index in [2.05, 4.69) is 0 Å². The van der Waals surface area contributed by atoms with E-state index in [-0.39, 0.29) is 17.7 Å². The largest absolute Gasteiger partial charge is 0.467 e. The molecule has 5 fully saturated rings. The van der Waals surface area contributed by atoms with Crippen LogP contribution in [-0.4, -0.2) is 41.8 Å². The predicted octanol–water partition coefficient (Wildman–Crippen LogP) is 3.30. The standard InChI is InChI=1S/C22H30N2O3/c1-23(14-22-9-15-5-16(10-22)7-17(6-15)11-22)21(26)18-8-20(25)24(12-18)13-19-3-2-4-27-19/h2-4,15-18H,5-14H2,1H3/t15?,16?,17?,18-,22?/m1/s1. The Morgan fingerprint density at radius 3 is 2.48 bits per heavy atom. The fourth-order valence-corrected chi connectivity index (χ4v) is 7.06. The number of likely N-dealkylation sites (tertiary alicyclic amines) is 1. The van der Waals surface area contributed by atoms with Gasteiger partial charge in [-0.05, 0) is 73.8 Å². The molecule has 0 radical (unpaired) electrons. The van der Waals surface area contributed by atoms with Gasteiger partial charge in [0.15, 0.2) is 0 Å². The maximum absolute atomic E-state index is 13.1. The molecule has 5 aliphatic rings. The van der Waals surface area contributed by atoms with Gasteiger partial charge in [-0.3, -0.25) is 9.59 Å². The number of hydrogen-bond acceptors (Lipinski definition) is 3. The van der Waals surface area contributed by atoms with Crippen molar-refractivity contribution < 1.29 is 14.0 Å². The maximum atomic E-state index is 13.1. The molecule has 4 bridgehead atoms. The zero-order valence-corrected chi connectivity index (χ0v) is 16.2. The first-order valence-electron chi connectivity index (χ1n) is 10.5. The van der Waals surface area contributed by atoms with E-state index in [1.807, 2.05) is 24.1 Å². The number of rotatable bonds is 5. The van der Waals surface area contributed by atoms with Gasteiger partial charge in [0.25, 0.3) is 0 Å². The summed E-state index contributed by atoms with van der Waals surface area (Å²) in [5.74, 6) is 3.49. The Labute approximate surface area is 161 Å². The molecule has 2 amide bonds. The first-order valence-corrected chi connectivity index (χ1v) is 10.5. The Morgan fingerprint density at radius 2 is 1.89 bits per heavy atom. The number of carbonyl (C=O) groups is 2. The average molecular weight is 370 g/mol. The first-order chi connectivity index (χ1) is 13.0. The van der Waals surface area contributed by atoms with Gasteiger partial charge in [-0.1, -0.05) is 0 Å². The molecule has 4 saturated carbocycles. The van der Waals surface area contributed by atoms with Gasteiger partial charge in [-0.15, -0.1) is 0 Å². The number of furan rings is 1. The maximum Gasteiger partial charge on any atom is 0.227 e. The summed E-state index contributed by atoms with van der Waals surface area (Å²) in [7, 11) is 1.96. The van der Waals surface area contributed by atoms with Crippen molar-refractivity contribution in [2.75, 3.05) is 20.1 Å². The molecule has 1 aromatic heterocycles. The highest BCUT2D eigenvalue weighted by Gasteiger charge is 2.51. The number of nitrogens with zero attached hydrogens (tertiary/aromatic N) is 2. The van der Waals surface area contributed by atoms with E-state index in [1.165, 1.54) is 38.5 Å². The molecule has 0 spiro atoms. The Morgan fingerprint density at radius 1 is 1.22 bits per heavy atom. The third-order valence-corrected chi connectivity index (χ3v) is 7.60. The Bertz CT molecular complexity index is 691. The molecule has 5 nitrogen and oxygen atoms in total. The molecule has 0 aromatic carbocycles. The van der Waals surface area contributed by atoms with Crippen LogP contribution in [0.25, 0.3) is 0 Å². The van der Waals surface area contributed by atoms with Crippen LogP contribution in [0, 0.1) is 29.1 Å². The van der Waals surface area contributed by atoms with Crippen molar-refractivity contribution in [2.24, 2.45) is 29.1 Å². The second kappa shape index (κ2) is 6.39. The summed E-state index contributed by atoms with van der Waals surface area (Å²) >= 11 is 0. The summed E-state index contributed by atoms with van der Waals surface area (Å²) in [6.07, 6.45) is 10.2. The third kappa shape index (κ3) is 3.19. The molecule has 1 atom stereocenters. The molecule has 0 N–H and O–H groups in total. The fraction of sp³-hybridized carbons (Fsp3) is 0.727. The molecule has 6 rings (SSSR count). The van der Waals surface area contributed by atoms with E-state index >= 15 is 0 Å². The van der Waals surface area contributed by atoms with E-state index in [9.17, 15) is 9.59 Å². The van der Waals surface area contributed by atoms with Crippen molar-refractivity contribution >= 4 is 11.8 Å². The van der Waals surface area contributed by atoms with Gasteiger partial charge in [0.05, 0.1) is 18.7 Å². The average Bonchev–Trinajstić information content (AvgIpc) is 3.23. The molecule has 2 heterocycles. The summed E-state index contributed by atoms with van der Waals surface area (Å²) in [5, 5.41) is 0. The van der Waals surface area contributed by atoms with Gasteiger partial charge in [-0.25, -0.2) is 0 Å². The van der Waals surface area contributed by atoms with E-state index in [0.29, 0.717) is 24.9 Å². The minimum absolute atomic E-state index is 0.0629. The summed E-state index contributed by atoms with van der Waals surface area (Å²) in [5.41, 5.74) is 0.357. The lowest BCUT2D eigenvalue weighted by Crippen LogP contribution is -2.52. The predicted molar refractivity (Wildman–Crippen MR) is 100 cm³/mol. The van der Waals surface area contributed by atoms with Crippen molar-refractivity contribution in [1.82, 2.24) is 9.80 Å². The van der Waals surface area contributed by atoms with Gasteiger partial charge in [0, 0.05) is 26.6 Å². The van der Waals surface area contributed by atoms with Crippen molar-refractivity contribution in [3.63, 3.8) is 0 Å². The summed E-state index contributed by atoms with van der Waals surface area (Å²) < 4.78 is 5.36. The van der Waals surface area contributed by atoms with Crippen LogP contribution < -0.4 is 0 Å². The molecule has 27 heavy (non-hydrogen) atoms. The lowest BCUT2D eigenvalue weighted by Gasteiger charge is -2.57. The molecule has 1 aliphatic heterocycles. The second-order valence-electron chi connectivity index (χ2n) is 9.87. The van der Waals surface area contributed by atoms with Gasteiger partial charge in [0.2, 0.25) is 11.8 Å². The zero-order chi connectivity index (χ0) is 18.6. The molecule has 146 valence electrons. The van der Waals surface area contributed by atoms with E-state index in [1.54, 1.807) is 11.2 Å². The Kier molecular flexibility index (Phi) is 4.10. The lowest BCUT2D eigenvalue weighted by atomic mass is 9.49. The monoisotopic (exact) mass is 370 g/mol. The number of hydrogen-bond donors (Lipinski definition) is 0. The molecular weight excluding hydrogens is 340 g/mol. The van der Waals surface area contributed by atoms with Gasteiger partial charge in [0.1, 0.15) is 5.76 Å². The highest BCUT2D eigenvalue weighted by molar-refractivity contribution is 5.89. The lowest BCUT2D eigenvalue weighted by molar-refractivity contribution is -0.139. The molecule has 5 heteroatoms. The van der Waals surface area contributed by atoms with Crippen LogP contribution in [0.2, 0.25) is 0 Å². The van der Waals surface area contributed by atoms with Crippen molar-refractivity contribution in [2.45, 2.75) is 51.5 Å². The van der Waals surface area contributed by atoms with Crippen molar-refractivity contribution in [1.29, 1.82) is 0 Å². The van der Waals surface area contributed by atoms with Gasteiger partial charge in [-0.2, -0.15) is 0 Å². The summed E-state index contributed by atoms with van der Waals surface area (Å²) in [4.78, 5) is 29.2. The van der Waals surface area contributed by atoms with Crippen LogP contribution in [0.1, 0.15) is 50.7 Å². The SMILES string of the molecule is CN(CC12CC3CC(CC(C3)C1)C2)C(=O)[C@@H]1CC(=O)N(Cc2ccco2)C1. The van der Waals surface area contributed by atoms with Gasteiger partial charge >= 0.3 is 0 Å². The third-order valence-electron chi connectivity index (χ3n) is 7.60. The molecule has 4 aliphatic carbocycles. The summed E-state index contributed by atoms with van der Waals surface area (Å²) in [6, 6.07) is 3.71. The fourth-order valence-electron chi connectivity index (χ4n) is 7.06. The Hall–Kier alpha value is -1.78. The first kappa shape index (κ1) is 17.3. The van der Waals surface area contributed by atoms with E-state index in [0.717, 1.165) is 30.1 Å². The van der Waals surface area contributed by atoms with Crippen LogP contribution >= 0.6 is 0 Å². The van der Waals surface area contributed by atoms with Crippen molar-refractivity contribution in [3.8, 4) is 0 Å². The van der Waals surface area contributed by atoms with Crippen LogP contribution in [0.4, 0.5) is 0 Å². The van der Waals surface area contributed by atoms with Crippen LogP contribution in [0.15, 0.2) is 22.8 Å². The minimum Gasteiger partial charge on any atom is -0.467 e. The normalized spacial score (nSPS) is 37.2. The number of amides is 2.